The molecule has 0 radical (unpaired) electrons. The Morgan fingerprint density at radius 3 is 2.93 bits per heavy atom. The van der Waals surface area contributed by atoms with Crippen LogP contribution in [0.5, 0.6) is 0 Å². The van der Waals surface area contributed by atoms with Crippen LogP contribution in [0.4, 0.5) is 5.69 Å². The average molecular weight is 443 g/mol. The van der Waals surface area contributed by atoms with E-state index in [2.05, 4.69) is 15.6 Å². The molecule has 10 heteroatoms. The summed E-state index contributed by atoms with van der Waals surface area (Å²) in [6, 6.07) is 8.86. The smallest absolute Gasteiger partial charge is 0.266 e. The minimum atomic E-state index is -0.103. The number of amides is 2. The summed E-state index contributed by atoms with van der Waals surface area (Å²) in [4.78, 5) is 26.9. The fourth-order valence-corrected chi connectivity index (χ4v) is 4.34. The number of nitrogens with zero attached hydrogens (tertiary/aromatic N) is 3. The topological polar surface area (TPSA) is 101 Å². The molecule has 1 aliphatic rings. The minimum absolute atomic E-state index is 0.0995. The quantitative estimate of drug-likeness (QED) is 0.314. The van der Waals surface area contributed by atoms with E-state index >= 15 is 0 Å². The first-order chi connectivity index (χ1) is 14.6. The molecule has 4 rings (SSSR count). The number of nitrogens with one attached hydrogen (secondary N) is 1. The number of unbranched alkanes of at least 4 members (excludes halogenated alkanes) is 2. The van der Waals surface area contributed by atoms with E-state index in [-0.39, 0.29) is 11.8 Å². The molecule has 8 nitrogen and oxygen atoms in total. The highest BCUT2D eigenvalue weighted by Gasteiger charge is 2.31. The van der Waals surface area contributed by atoms with Gasteiger partial charge in [0.2, 0.25) is 5.91 Å². The maximum absolute atomic E-state index is 12.5. The van der Waals surface area contributed by atoms with Gasteiger partial charge < -0.3 is 9.73 Å². The first-order valence-electron chi connectivity index (χ1n) is 9.42. The highest BCUT2D eigenvalue weighted by molar-refractivity contribution is 8.26. The number of thiocarbonyl (C=S) groups is 1. The highest BCUT2D eigenvalue weighted by Crippen LogP contribution is 2.32. The van der Waals surface area contributed by atoms with Gasteiger partial charge in [0.15, 0.2) is 5.52 Å². The van der Waals surface area contributed by atoms with Crippen LogP contribution < -0.4 is 5.32 Å². The SMILES string of the molecule is O=C(CCCCCN1C(=O)C(=Cc2ccco2)SC1=S)Nc1cccc2nonc12. The summed E-state index contributed by atoms with van der Waals surface area (Å²) in [5.41, 5.74) is 1.71. The number of aromatic nitrogens is 2. The molecule has 1 aromatic carbocycles. The van der Waals surface area contributed by atoms with Crippen molar-refractivity contribution in [2.24, 2.45) is 0 Å². The molecule has 154 valence electrons. The second kappa shape index (κ2) is 9.23. The molecule has 30 heavy (non-hydrogen) atoms. The second-order valence-electron chi connectivity index (χ2n) is 6.65. The molecular weight excluding hydrogens is 424 g/mol. The average Bonchev–Trinajstić information content (AvgIpc) is 3.46. The Kier molecular flexibility index (Phi) is 6.24. The van der Waals surface area contributed by atoms with Crippen molar-refractivity contribution < 1.29 is 18.6 Å². The summed E-state index contributed by atoms with van der Waals surface area (Å²) >= 11 is 6.61. The zero-order chi connectivity index (χ0) is 20.9. The second-order valence-corrected chi connectivity index (χ2v) is 8.32. The van der Waals surface area contributed by atoms with Crippen molar-refractivity contribution in [3.63, 3.8) is 0 Å². The molecule has 0 aliphatic carbocycles. The van der Waals surface area contributed by atoms with E-state index in [0.29, 0.717) is 51.1 Å². The molecule has 0 bridgehead atoms. The van der Waals surface area contributed by atoms with Crippen molar-refractivity contribution in [1.82, 2.24) is 15.2 Å². The summed E-state index contributed by atoms with van der Waals surface area (Å²) in [6.07, 6.45) is 5.91. The Hall–Kier alpha value is -2.98. The van der Waals surface area contributed by atoms with Gasteiger partial charge in [-0.2, -0.15) is 0 Å². The van der Waals surface area contributed by atoms with Crippen molar-refractivity contribution in [3.05, 3.63) is 47.3 Å². The van der Waals surface area contributed by atoms with E-state index in [9.17, 15) is 9.59 Å². The van der Waals surface area contributed by atoms with Gasteiger partial charge in [0.25, 0.3) is 5.91 Å². The van der Waals surface area contributed by atoms with Crippen LogP contribution >= 0.6 is 24.0 Å². The lowest BCUT2D eigenvalue weighted by Crippen LogP contribution is -2.29. The van der Waals surface area contributed by atoms with Crippen LogP contribution in [0, 0.1) is 0 Å². The molecule has 0 spiro atoms. The molecule has 0 atom stereocenters. The Balaban J connectivity index is 1.21. The molecule has 3 heterocycles. The number of hydrogen-bond donors (Lipinski definition) is 1. The first kappa shape index (κ1) is 20.3. The molecule has 1 aliphatic heterocycles. The lowest BCUT2D eigenvalue weighted by atomic mass is 10.1. The van der Waals surface area contributed by atoms with Crippen LogP contribution in [-0.4, -0.2) is 37.9 Å². The lowest BCUT2D eigenvalue weighted by molar-refractivity contribution is -0.122. The maximum Gasteiger partial charge on any atom is 0.266 e. The zero-order valence-corrected chi connectivity index (χ0v) is 17.5. The highest BCUT2D eigenvalue weighted by atomic mass is 32.2. The van der Waals surface area contributed by atoms with Gasteiger partial charge in [-0.25, -0.2) is 4.63 Å². The zero-order valence-electron chi connectivity index (χ0n) is 15.9. The number of furan rings is 1. The van der Waals surface area contributed by atoms with Crippen molar-refractivity contribution in [3.8, 4) is 0 Å². The van der Waals surface area contributed by atoms with E-state index in [1.807, 2.05) is 0 Å². The number of thioether (sulfide) groups is 1. The first-order valence-corrected chi connectivity index (χ1v) is 10.6. The van der Waals surface area contributed by atoms with Gasteiger partial charge >= 0.3 is 0 Å². The van der Waals surface area contributed by atoms with Gasteiger partial charge in [0, 0.05) is 19.0 Å². The van der Waals surface area contributed by atoms with Gasteiger partial charge in [0.05, 0.1) is 16.9 Å². The number of hydrogen-bond acceptors (Lipinski definition) is 8. The van der Waals surface area contributed by atoms with Crippen molar-refractivity contribution in [1.29, 1.82) is 0 Å². The van der Waals surface area contributed by atoms with E-state index in [1.165, 1.54) is 11.8 Å². The fraction of sp³-hybridized carbons (Fsp3) is 0.250. The number of benzene rings is 1. The number of fused-ring (bicyclic) bond motifs is 1. The summed E-state index contributed by atoms with van der Waals surface area (Å²) < 4.78 is 10.5. The number of rotatable bonds is 8. The Morgan fingerprint density at radius 1 is 1.20 bits per heavy atom. The van der Waals surface area contributed by atoms with E-state index in [1.54, 1.807) is 47.6 Å². The van der Waals surface area contributed by atoms with E-state index in [0.717, 1.165) is 12.8 Å². The summed E-state index contributed by atoms with van der Waals surface area (Å²) in [7, 11) is 0. The molecule has 1 fully saturated rings. The van der Waals surface area contributed by atoms with E-state index in [4.69, 9.17) is 21.3 Å². The van der Waals surface area contributed by atoms with Crippen LogP contribution in [0.1, 0.15) is 31.4 Å². The molecule has 0 unspecified atom stereocenters. The number of carbonyl (C=O) groups is 2. The van der Waals surface area contributed by atoms with Gasteiger partial charge in [-0.1, -0.05) is 36.5 Å². The molecular formula is C20H18N4O4S2. The minimum Gasteiger partial charge on any atom is -0.465 e. The fourth-order valence-electron chi connectivity index (χ4n) is 3.05. The van der Waals surface area contributed by atoms with Crippen molar-refractivity contribution >= 4 is 62.9 Å². The predicted molar refractivity (Wildman–Crippen MR) is 117 cm³/mol. The molecule has 1 saturated heterocycles. The van der Waals surface area contributed by atoms with Crippen LogP contribution in [0.2, 0.25) is 0 Å². The normalized spacial score (nSPS) is 15.5. The Morgan fingerprint density at radius 2 is 2.10 bits per heavy atom. The molecule has 3 aromatic rings. The third-order valence-electron chi connectivity index (χ3n) is 4.54. The van der Waals surface area contributed by atoms with Gasteiger partial charge in [-0.15, -0.1) is 0 Å². The molecule has 1 N–H and O–H groups in total. The van der Waals surface area contributed by atoms with Crippen LogP contribution in [-0.2, 0) is 9.59 Å². The molecule has 0 saturated carbocycles. The Bertz CT molecular complexity index is 1110. The van der Waals surface area contributed by atoms with Gasteiger partial charge in [-0.05, 0) is 47.4 Å². The summed E-state index contributed by atoms with van der Waals surface area (Å²) in [5, 5.41) is 10.4. The molecule has 2 aromatic heterocycles. The Labute approximate surface area is 181 Å². The van der Waals surface area contributed by atoms with Gasteiger partial charge in [-0.3, -0.25) is 14.5 Å². The van der Waals surface area contributed by atoms with Crippen molar-refractivity contribution in [2.75, 3.05) is 11.9 Å². The maximum atomic E-state index is 12.5. The number of anilines is 1. The van der Waals surface area contributed by atoms with Gasteiger partial charge in [0.1, 0.15) is 15.6 Å². The molecule has 2 amide bonds. The van der Waals surface area contributed by atoms with Crippen LogP contribution in [0.25, 0.3) is 17.1 Å². The third kappa shape index (κ3) is 4.60. The predicted octanol–water partition coefficient (Wildman–Crippen LogP) is 4.22. The summed E-state index contributed by atoms with van der Waals surface area (Å²) in [5.74, 6) is 0.421. The standard InChI is InChI=1S/C20H18N4O4S2/c25-17(21-14-7-4-8-15-18(14)23-28-22-15)9-2-1-3-10-24-19(26)16(30-20(24)29)12-13-6-5-11-27-13/h4-8,11-12H,1-3,9-10H2,(H,21,25). The lowest BCUT2D eigenvalue weighted by Gasteiger charge is -2.14. The monoisotopic (exact) mass is 442 g/mol. The van der Waals surface area contributed by atoms with Crippen molar-refractivity contribution in [2.45, 2.75) is 25.7 Å². The largest absolute Gasteiger partial charge is 0.465 e. The summed E-state index contributed by atoms with van der Waals surface area (Å²) in [6.45, 7) is 0.533. The van der Waals surface area contributed by atoms with E-state index < -0.39 is 0 Å². The van der Waals surface area contributed by atoms with Crippen LogP contribution in [0.3, 0.4) is 0 Å². The van der Waals surface area contributed by atoms with Crippen LogP contribution in [0.15, 0.2) is 50.5 Å². The third-order valence-corrected chi connectivity index (χ3v) is 5.91. The number of carbonyl (C=O) groups excluding carboxylic acids is 2.